The molecule has 1 unspecified atom stereocenters. The number of nitrogens with one attached hydrogen (secondary N) is 2. The van der Waals surface area contributed by atoms with Gasteiger partial charge in [0, 0.05) is 25.2 Å². The molecule has 94 valence electrons. The minimum Gasteiger partial charge on any atom is -0.387 e. The predicted molar refractivity (Wildman–Crippen MR) is 58.3 cm³/mol. The molecule has 2 aliphatic heterocycles. The molecule has 2 nitrogen and oxygen atoms in total. The number of alkyl halides is 3. The zero-order valence-electron chi connectivity index (χ0n) is 9.45. The van der Waals surface area contributed by atoms with Crippen molar-refractivity contribution in [2.75, 3.05) is 19.6 Å². The Balaban J connectivity index is 1.85. The average Bonchev–Trinajstić information content (AvgIpc) is 2.68. The van der Waals surface area contributed by atoms with Gasteiger partial charge in [-0.1, -0.05) is 11.1 Å². The standard InChI is InChI=1S/C12H15F3N2/c13-12(14,15)10-6-17-11-4-7-1-2-16-5-8(7)3-9(10)11/h10,16-17H,1-6H2. The van der Waals surface area contributed by atoms with Crippen LogP contribution in [0.2, 0.25) is 0 Å². The van der Waals surface area contributed by atoms with Crippen LogP contribution in [0.4, 0.5) is 13.2 Å². The summed E-state index contributed by atoms with van der Waals surface area (Å²) in [6, 6.07) is 0. The summed E-state index contributed by atoms with van der Waals surface area (Å²) in [5, 5.41) is 6.19. The molecule has 0 saturated carbocycles. The smallest absolute Gasteiger partial charge is 0.387 e. The Hall–Kier alpha value is -0.970. The maximum absolute atomic E-state index is 12.8. The van der Waals surface area contributed by atoms with Crippen molar-refractivity contribution in [3.05, 3.63) is 22.4 Å². The minimum absolute atomic E-state index is 0.0299. The highest BCUT2D eigenvalue weighted by atomic mass is 19.4. The first-order chi connectivity index (χ1) is 8.05. The van der Waals surface area contributed by atoms with Crippen molar-refractivity contribution >= 4 is 0 Å². The number of hydrogen-bond acceptors (Lipinski definition) is 2. The quantitative estimate of drug-likeness (QED) is 0.638. The van der Waals surface area contributed by atoms with Crippen LogP contribution in [-0.4, -0.2) is 25.8 Å². The summed E-state index contributed by atoms with van der Waals surface area (Å²) >= 11 is 0. The number of hydrogen-bond donors (Lipinski definition) is 2. The van der Waals surface area contributed by atoms with E-state index in [1.165, 1.54) is 11.1 Å². The van der Waals surface area contributed by atoms with Crippen molar-refractivity contribution in [2.45, 2.75) is 25.4 Å². The van der Waals surface area contributed by atoms with Gasteiger partial charge in [-0.05, 0) is 25.0 Å². The van der Waals surface area contributed by atoms with Crippen molar-refractivity contribution in [3.8, 4) is 0 Å². The van der Waals surface area contributed by atoms with Crippen LogP contribution in [0.3, 0.4) is 0 Å². The van der Waals surface area contributed by atoms with Crippen molar-refractivity contribution in [1.29, 1.82) is 0 Å². The maximum atomic E-state index is 12.8. The number of allylic oxidation sites excluding steroid dienone is 1. The molecule has 5 heteroatoms. The van der Waals surface area contributed by atoms with Gasteiger partial charge in [0.25, 0.3) is 0 Å². The third-order valence-electron chi connectivity index (χ3n) is 3.96. The number of halogens is 3. The molecule has 0 fully saturated rings. The van der Waals surface area contributed by atoms with Crippen molar-refractivity contribution in [3.63, 3.8) is 0 Å². The zero-order valence-corrected chi connectivity index (χ0v) is 9.45. The molecule has 0 aromatic rings. The van der Waals surface area contributed by atoms with Crippen LogP contribution < -0.4 is 10.6 Å². The van der Waals surface area contributed by atoms with Crippen molar-refractivity contribution in [2.24, 2.45) is 5.92 Å². The first-order valence-corrected chi connectivity index (χ1v) is 5.98. The molecule has 17 heavy (non-hydrogen) atoms. The molecular weight excluding hydrogens is 229 g/mol. The van der Waals surface area contributed by atoms with Gasteiger partial charge in [-0.25, -0.2) is 0 Å². The molecule has 2 heterocycles. The molecule has 0 saturated heterocycles. The highest BCUT2D eigenvalue weighted by Crippen LogP contribution is 2.43. The molecule has 1 atom stereocenters. The summed E-state index contributed by atoms with van der Waals surface area (Å²) in [6.07, 6.45) is -1.91. The van der Waals surface area contributed by atoms with Crippen molar-refractivity contribution < 1.29 is 13.2 Å². The largest absolute Gasteiger partial charge is 0.397 e. The highest BCUT2D eigenvalue weighted by molar-refractivity contribution is 5.40. The van der Waals surface area contributed by atoms with Crippen molar-refractivity contribution in [1.82, 2.24) is 10.6 Å². The van der Waals surface area contributed by atoms with Crippen LogP contribution in [0, 0.1) is 5.92 Å². The Morgan fingerprint density at radius 3 is 2.71 bits per heavy atom. The zero-order chi connectivity index (χ0) is 12.0. The molecule has 0 amide bonds. The van der Waals surface area contributed by atoms with Gasteiger partial charge in [-0.3, -0.25) is 0 Å². The van der Waals surface area contributed by atoms with Crippen LogP contribution in [0.5, 0.6) is 0 Å². The van der Waals surface area contributed by atoms with E-state index < -0.39 is 12.1 Å². The second kappa shape index (κ2) is 3.77. The second-order valence-electron chi connectivity index (χ2n) is 4.97. The normalized spacial score (nSPS) is 29.0. The van der Waals surface area contributed by atoms with Crippen LogP contribution in [0.1, 0.15) is 19.3 Å². The average molecular weight is 244 g/mol. The van der Waals surface area contributed by atoms with E-state index in [-0.39, 0.29) is 6.54 Å². The van der Waals surface area contributed by atoms with Gasteiger partial charge in [0.1, 0.15) is 0 Å². The van der Waals surface area contributed by atoms with E-state index in [0.29, 0.717) is 18.4 Å². The van der Waals surface area contributed by atoms with Gasteiger partial charge in [0.15, 0.2) is 0 Å². The van der Waals surface area contributed by atoms with Gasteiger partial charge in [-0.15, -0.1) is 0 Å². The molecule has 0 spiro atoms. The molecule has 3 rings (SSSR count). The first-order valence-electron chi connectivity index (χ1n) is 5.98. The lowest BCUT2D eigenvalue weighted by atomic mass is 9.83. The molecule has 0 radical (unpaired) electrons. The van der Waals surface area contributed by atoms with Crippen LogP contribution >= 0.6 is 0 Å². The van der Waals surface area contributed by atoms with Gasteiger partial charge in [-0.2, -0.15) is 13.2 Å². The lowest BCUT2D eigenvalue weighted by Crippen LogP contribution is -2.30. The fourth-order valence-corrected chi connectivity index (χ4v) is 3.02. The Morgan fingerprint density at radius 2 is 1.94 bits per heavy atom. The predicted octanol–water partition coefficient (Wildman–Crippen LogP) is 2.11. The number of rotatable bonds is 0. The van der Waals surface area contributed by atoms with E-state index in [1.54, 1.807) is 0 Å². The summed E-state index contributed by atoms with van der Waals surface area (Å²) in [7, 11) is 0. The molecule has 2 N–H and O–H groups in total. The summed E-state index contributed by atoms with van der Waals surface area (Å²) in [6.45, 7) is 1.74. The van der Waals surface area contributed by atoms with Gasteiger partial charge < -0.3 is 10.6 Å². The maximum Gasteiger partial charge on any atom is 0.397 e. The summed E-state index contributed by atoms with van der Waals surface area (Å²) in [4.78, 5) is 0. The van der Waals surface area contributed by atoms with Gasteiger partial charge in [0.05, 0.1) is 5.92 Å². The Bertz CT molecular complexity index is 406. The molecule has 3 aliphatic rings. The lowest BCUT2D eigenvalue weighted by molar-refractivity contribution is -0.160. The lowest BCUT2D eigenvalue weighted by Gasteiger charge is -2.28. The Labute approximate surface area is 98.0 Å². The second-order valence-corrected chi connectivity index (χ2v) is 4.97. The first kappa shape index (κ1) is 11.1. The molecule has 0 aromatic carbocycles. The minimum atomic E-state index is -4.11. The van der Waals surface area contributed by atoms with E-state index in [2.05, 4.69) is 10.6 Å². The monoisotopic (exact) mass is 244 g/mol. The van der Waals surface area contributed by atoms with E-state index in [4.69, 9.17) is 0 Å². The third-order valence-corrected chi connectivity index (χ3v) is 3.96. The van der Waals surface area contributed by atoms with E-state index in [9.17, 15) is 13.2 Å². The molecular formula is C12H15F3N2. The van der Waals surface area contributed by atoms with Gasteiger partial charge >= 0.3 is 6.18 Å². The SMILES string of the molecule is FC(F)(F)C1CNC2=C1CC1=C(CCNC1)C2. The fourth-order valence-electron chi connectivity index (χ4n) is 3.02. The summed E-state index contributed by atoms with van der Waals surface area (Å²) in [5.41, 5.74) is 3.96. The van der Waals surface area contributed by atoms with E-state index in [0.717, 1.165) is 25.2 Å². The molecule has 0 bridgehead atoms. The van der Waals surface area contributed by atoms with Crippen LogP contribution in [-0.2, 0) is 0 Å². The highest BCUT2D eigenvalue weighted by Gasteiger charge is 2.46. The molecule has 0 aromatic heterocycles. The van der Waals surface area contributed by atoms with Gasteiger partial charge in [0.2, 0.25) is 0 Å². The van der Waals surface area contributed by atoms with Crippen LogP contribution in [0.15, 0.2) is 22.4 Å². The Kier molecular flexibility index (Phi) is 2.47. The van der Waals surface area contributed by atoms with E-state index >= 15 is 0 Å². The van der Waals surface area contributed by atoms with E-state index in [1.807, 2.05) is 0 Å². The topological polar surface area (TPSA) is 24.1 Å². The summed E-state index contributed by atoms with van der Waals surface area (Å²) in [5.74, 6) is -1.27. The fraction of sp³-hybridized carbons (Fsp3) is 0.667. The van der Waals surface area contributed by atoms with Crippen LogP contribution in [0.25, 0.3) is 0 Å². The molecule has 1 aliphatic carbocycles. The third kappa shape index (κ3) is 1.86. The Morgan fingerprint density at radius 1 is 1.12 bits per heavy atom. The summed E-state index contributed by atoms with van der Waals surface area (Å²) < 4.78 is 38.5.